The largest absolute Gasteiger partial charge is 0.379 e. The molecule has 0 spiro atoms. The fraction of sp³-hybridized carbons (Fsp3) is 0.455. The van der Waals surface area contributed by atoms with Gasteiger partial charge < -0.3 is 10.1 Å². The average molecular weight is 463 g/mol. The first-order valence-electron chi connectivity index (χ1n) is 10.7. The summed E-state index contributed by atoms with van der Waals surface area (Å²) in [4.78, 5) is 13.1. The van der Waals surface area contributed by atoms with Gasteiger partial charge in [0, 0.05) is 38.3 Å². The summed E-state index contributed by atoms with van der Waals surface area (Å²) in [6.45, 7) is 5.53. The molecule has 1 atom stereocenters. The van der Waals surface area contributed by atoms with Crippen LogP contribution in [0.2, 0.25) is 0 Å². The van der Waals surface area contributed by atoms with Crippen molar-refractivity contribution in [3.63, 3.8) is 0 Å². The number of anilines is 1. The molecule has 0 saturated carbocycles. The van der Waals surface area contributed by atoms with E-state index in [1.54, 1.807) is 0 Å². The highest BCUT2D eigenvalue weighted by Crippen LogP contribution is 2.28. The van der Waals surface area contributed by atoms with E-state index in [1.807, 2.05) is 37.3 Å². The van der Waals surface area contributed by atoms with Gasteiger partial charge in [-0.15, -0.1) is 0 Å². The lowest BCUT2D eigenvalue weighted by atomic mass is 10.1. The molecular formula is C22H30N4O5S. The highest BCUT2D eigenvalue weighted by Gasteiger charge is 2.22. The van der Waals surface area contributed by atoms with Crippen LogP contribution in [0.4, 0.5) is 11.4 Å². The maximum Gasteiger partial charge on any atom is 0.293 e. The van der Waals surface area contributed by atoms with Gasteiger partial charge in [0.1, 0.15) is 5.69 Å². The number of nitro groups is 1. The maximum absolute atomic E-state index is 12.6. The van der Waals surface area contributed by atoms with Crippen LogP contribution in [-0.4, -0.2) is 63.7 Å². The van der Waals surface area contributed by atoms with Gasteiger partial charge in [0.25, 0.3) is 5.69 Å². The fourth-order valence-electron chi connectivity index (χ4n) is 3.56. The number of hydrogen-bond acceptors (Lipinski definition) is 7. The minimum absolute atomic E-state index is 0.0250. The van der Waals surface area contributed by atoms with Crippen molar-refractivity contribution < 1.29 is 18.1 Å². The molecule has 1 aliphatic rings. The van der Waals surface area contributed by atoms with E-state index in [-0.39, 0.29) is 23.2 Å². The number of benzene rings is 2. The van der Waals surface area contributed by atoms with Gasteiger partial charge in [-0.1, -0.05) is 30.3 Å². The summed E-state index contributed by atoms with van der Waals surface area (Å²) in [5.41, 5.74) is 1.25. The molecule has 0 aliphatic carbocycles. The molecule has 10 heteroatoms. The number of nitrogens with zero attached hydrogens (tertiary/aromatic N) is 2. The lowest BCUT2D eigenvalue weighted by Crippen LogP contribution is -2.41. The molecule has 0 amide bonds. The van der Waals surface area contributed by atoms with E-state index in [9.17, 15) is 18.5 Å². The predicted octanol–water partition coefficient (Wildman–Crippen LogP) is 2.64. The molecular weight excluding hydrogens is 432 g/mol. The number of aryl methyl sites for hydroxylation is 1. The van der Waals surface area contributed by atoms with Crippen LogP contribution in [0.1, 0.15) is 18.9 Å². The number of rotatable bonds is 11. The molecule has 32 heavy (non-hydrogen) atoms. The number of ether oxygens (including phenoxy) is 1. The Morgan fingerprint density at radius 3 is 2.56 bits per heavy atom. The van der Waals surface area contributed by atoms with Gasteiger partial charge in [-0.25, -0.2) is 13.1 Å². The van der Waals surface area contributed by atoms with E-state index in [2.05, 4.69) is 14.9 Å². The zero-order valence-corrected chi connectivity index (χ0v) is 19.0. The van der Waals surface area contributed by atoms with Crippen LogP contribution in [-0.2, 0) is 21.2 Å². The van der Waals surface area contributed by atoms with Crippen molar-refractivity contribution in [1.82, 2.24) is 9.62 Å². The Bertz CT molecular complexity index is 995. The van der Waals surface area contributed by atoms with Gasteiger partial charge in [-0.3, -0.25) is 15.0 Å². The second-order valence-corrected chi connectivity index (χ2v) is 9.62. The Hall–Kier alpha value is -2.53. The normalized spacial score (nSPS) is 15.9. The molecule has 0 unspecified atom stereocenters. The topological polar surface area (TPSA) is 114 Å². The maximum atomic E-state index is 12.6. The number of nitro benzene ring substituents is 1. The first kappa shape index (κ1) is 24.1. The monoisotopic (exact) mass is 462 g/mol. The Balaban J connectivity index is 1.61. The molecule has 1 fully saturated rings. The third-order valence-electron chi connectivity index (χ3n) is 5.41. The van der Waals surface area contributed by atoms with Crippen molar-refractivity contribution in [1.29, 1.82) is 0 Å². The van der Waals surface area contributed by atoms with Gasteiger partial charge >= 0.3 is 0 Å². The molecule has 0 aromatic heterocycles. The highest BCUT2D eigenvalue weighted by atomic mass is 32.2. The molecule has 3 rings (SSSR count). The molecule has 1 heterocycles. The average Bonchev–Trinajstić information content (AvgIpc) is 2.79. The van der Waals surface area contributed by atoms with Crippen molar-refractivity contribution in [2.45, 2.75) is 30.7 Å². The summed E-state index contributed by atoms with van der Waals surface area (Å²) in [5, 5.41) is 14.8. The fourth-order valence-corrected chi connectivity index (χ4v) is 4.60. The first-order valence-corrected chi connectivity index (χ1v) is 12.2. The van der Waals surface area contributed by atoms with E-state index in [1.165, 1.54) is 17.7 Å². The number of nitrogens with one attached hydrogen (secondary N) is 2. The molecule has 2 aromatic carbocycles. The molecule has 2 aromatic rings. The molecule has 0 bridgehead atoms. The second kappa shape index (κ2) is 11.4. The van der Waals surface area contributed by atoms with E-state index >= 15 is 0 Å². The van der Waals surface area contributed by atoms with E-state index in [4.69, 9.17) is 4.74 Å². The van der Waals surface area contributed by atoms with Crippen LogP contribution in [0.5, 0.6) is 0 Å². The molecule has 2 N–H and O–H groups in total. The summed E-state index contributed by atoms with van der Waals surface area (Å²) in [6, 6.07) is 14.0. The van der Waals surface area contributed by atoms with Gasteiger partial charge in [0.05, 0.1) is 23.0 Å². The second-order valence-electron chi connectivity index (χ2n) is 7.86. The molecule has 9 nitrogen and oxygen atoms in total. The third kappa shape index (κ3) is 6.99. The standard InChI is InChI=1S/C22H30N4O5S/c1-18(7-8-19-5-3-2-4-6-19)24-21-10-9-20(17-22(21)26(27)28)32(29,30)23-11-12-25-13-15-31-16-14-25/h2-6,9-10,17-18,23-24H,7-8,11-16H2,1H3/t18-/m1/s1. The zero-order chi connectivity index (χ0) is 23.0. The summed E-state index contributed by atoms with van der Waals surface area (Å²) in [6.07, 6.45) is 1.62. The van der Waals surface area contributed by atoms with E-state index < -0.39 is 14.9 Å². The van der Waals surface area contributed by atoms with Gasteiger partial charge in [-0.2, -0.15) is 0 Å². The molecule has 1 aliphatic heterocycles. The SMILES string of the molecule is C[C@H](CCc1ccccc1)Nc1ccc(S(=O)(=O)NCCN2CCOCC2)cc1[N+](=O)[O-]. The van der Waals surface area contributed by atoms with Crippen molar-refractivity contribution in [2.75, 3.05) is 44.7 Å². The zero-order valence-electron chi connectivity index (χ0n) is 18.2. The van der Waals surface area contributed by atoms with Crippen LogP contribution in [0.3, 0.4) is 0 Å². The van der Waals surface area contributed by atoms with Crippen molar-refractivity contribution in [3.8, 4) is 0 Å². The number of morpholine rings is 1. The van der Waals surface area contributed by atoms with Gasteiger partial charge in [0.2, 0.25) is 10.0 Å². The summed E-state index contributed by atoms with van der Waals surface area (Å²) >= 11 is 0. The number of sulfonamides is 1. The van der Waals surface area contributed by atoms with Crippen molar-refractivity contribution in [3.05, 3.63) is 64.2 Å². The van der Waals surface area contributed by atoms with Crippen LogP contribution < -0.4 is 10.0 Å². The van der Waals surface area contributed by atoms with Crippen LogP contribution in [0.15, 0.2) is 53.4 Å². The van der Waals surface area contributed by atoms with Crippen LogP contribution >= 0.6 is 0 Å². The summed E-state index contributed by atoms with van der Waals surface area (Å²) in [7, 11) is -3.85. The Kier molecular flexibility index (Phi) is 8.57. The Morgan fingerprint density at radius 1 is 1.16 bits per heavy atom. The Labute approximate surface area is 189 Å². The Morgan fingerprint density at radius 2 is 1.88 bits per heavy atom. The van der Waals surface area contributed by atoms with Gasteiger partial charge in [0.15, 0.2) is 0 Å². The van der Waals surface area contributed by atoms with E-state index in [0.717, 1.165) is 32.0 Å². The van der Waals surface area contributed by atoms with Crippen LogP contribution in [0.25, 0.3) is 0 Å². The highest BCUT2D eigenvalue weighted by molar-refractivity contribution is 7.89. The smallest absolute Gasteiger partial charge is 0.293 e. The quantitative estimate of drug-likeness (QED) is 0.390. The van der Waals surface area contributed by atoms with Crippen molar-refractivity contribution in [2.24, 2.45) is 0 Å². The minimum atomic E-state index is -3.85. The van der Waals surface area contributed by atoms with Crippen LogP contribution in [0, 0.1) is 10.1 Å². The first-order chi connectivity index (χ1) is 15.3. The van der Waals surface area contributed by atoms with Gasteiger partial charge in [-0.05, 0) is 37.5 Å². The molecule has 0 radical (unpaired) electrons. The lowest BCUT2D eigenvalue weighted by molar-refractivity contribution is -0.384. The minimum Gasteiger partial charge on any atom is -0.379 e. The lowest BCUT2D eigenvalue weighted by Gasteiger charge is -2.26. The molecule has 1 saturated heterocycles. The predicted molar refractivity (Wildman–Crippen MR) is 123 cm³/mol. The van der Waals surface area contributed by atoms with E-state index in [0.29, 0.717) is 25.4 Å². The summed E-state index contributed by atoms with van der Waals surface area (Å²) in [5.74, 6) is 0. The van der Waals surface area contributed by atoms with Crippen molar-refractivity contribution >= 4 is 21.4 Å². The molecule has 174 valence electrons. The third-order valence-corrected chi connectivity index (χ3v) is 6.87. The number of hydrogen-bond donors (Lipinski definition) is 2. The summed E-state index contributed by atoms with van der Waals surface area (Å²) < 4.78 is 33.1.